The van der Waals surface area contributed by atoms with Crippen LogP contribution >= 0.6 is 11.6 Å². The highest BCUT2D eigenvalue weighted by Gasteiger charge is 2.28. The summed E-state index contributed by atoms with van der Waals surface area (Å²) in [5.41, 5.74) is 0.696. The molecule has 0 saturated carbocycles. The number of ether oxygens (including phenoxy) is 2. The Balaban J connectivity index is 2.12. The summed E-state index contributed by atoms with van der Waals surface area (Å²) >= 11 is 6.22. The summed E-state index contributed by atoms with van der Waals surface area (Å²) < 4.78 is 10.6. The molecule has 1 saturated heterocycles. The van der Waals surface area contributed by atoms with Crippen LogP contribution in [0.15, 0.2) is 24.3 Å². The quantitative estimate of drug-likeness (QED) is 0.809. The summed E-state index contributed by atoms with van der Waals surface area (Å²) in [6.45, 7) is 4.16. The molecule has 1 aromatic rings. The lowest BCUT2D eigenvalue weighted by atomic mass is 10.0. The standard InChI is InChI=1S/C17H22ClNO4/c1-11(2)23-16(20)10-14(12-6-3-4-7-13(12)18)19-17(21)15-8-5-9-22-15/h3-4,6-7,11,14-15H,5,8-10H2,1-2H3,(H,19,21)/t14-,15+/m1/s1. The van der Waals surface area contributed by atoms with Gasteiger partial charge in [-0.1, -0.05) is 29.8 Å². The van der Waals surface area contributed by atoms with Gasteiger partial charge in [0.25, 0.3) is 0 Å². The fraction of sp³-hybridized carbons (Fsp3) is 0.529. The van der Waals surface area contributed by atoms with Gasteiger partial charge < -0.3 is 14.8 Å². The smallest absolute Gasteiger partial charge is 0.308 e. The minimum absolute atomic E-state index is 0.0281. The van der Waals surface area contributed by atoms with Crippen molar-refractivity contribution in [1.82, 2.24) is 5.32 Å². The molecular weight excluding hydrogens is 318 g/mol. The molecule has 0 radical (unpaired) electrons. The number of esters is 1. The fourth-order valence-corrected chi connectivity index (χ4v) is 2.79. The van der Waals surface area contributed by atoms with Crippen molar-refractivity contribution in [2.24, 2.45) is 0 Å². The second-order valence-electron chi connectivity index (χ2n) is 5.83. The summed E-state index contributed by atoms with van der Waals surface area (Å²) in [7, 11) is 0. The first-order valence-corrected chi connectivity index (χ1v) is 8.21. The van der Waals surface area contributed by atoms with E-state index in [1.54, 1.807) is 32.0 Å². The summed E-state index contributed by atoms with van der Waals surface area (Å²) in [5.74, 6) is -0.595. The summed E-state index contributed by atoms with van der Waals surface area (Å²) in [5, 5.41) is 3.37. The van der Waals surface area contributed by atoms with E-state index in [0.29, 0.717) is 23.6 Å². The number of halogens is 1. The molecule has 0 bridgehead atoms. The Labute approximate surface area is 141 Å². The van der Waals surface area contributed by atoms with Crippen LogP contribution in [0.25, 0.3) is 0 Å². The molecule has 1 aliphatic heterocycles. The molecule has 1 aliphatic rings. The van der Waals surface area contributed by atoms with Crippen LogP contribution in [0.1, 0.15) is 44.7 Å². The minimum Gasteiger partial charge on any atom is -0.463 e. The molecular formula is C17H22ClNO4. The molecule has 1 aromatic carbocycles. The van der Waals surface area contributed by atoms with E-state index < -0.39 is 12.1 Å². The van der Waals surface area contributed by atoms with Crippen LogP contribution in [0.3, 0.4) is 0 Å². The van der Waals surface area contributed by atoms with E-state index in [9.17, 15) is 9.59 Å². The van der Waals surface area contributed by atoms with E-state index in [1.807, 2.05) is 6.07 Å². The van der Waals surface area contributed by atoms with Crippen molar-refractivity contribution in [1.29, 1.82) is 0 Å². The highest BCUT2D eigenvalue weighted by Crippen LogP contribution is 2.26. The van der Waals surface area contributed by atoms with Gasteiger partial charge in [0.2, 0.25) is 5.91 Å². The number of carbonyl (C=O) groups excluding carboxylic acids is 2. The third kappa shape index (κ3) is 5.22. The highest BCUT2D eigenvalue weighted by molar-refractivity contribution is 6.31. The first-order valence-electron chi connectivity index (χ1n) is 7.83. The predicted octanol–water partition coefficient (Wildman–Crippen LogP) is 3.02. The topological polar surface area (TPSA) is 64.6 Å². The molecule has 126 valence electrons. The molecule has 5 nitrogen and oxygen atoms in total. The average molecular weight is 340 g/mol. The molecule has 1 fully saturated rings. The van der Waals surface area contributed by atoms with Crippen molar-refractivity contribution in [3.63, 3.8) is 0 Å². The maximum atomic E-state index is 12.3. The van der Waals surface area contributed by atoms with Crippen molar-refractivity contribution >= 4 is 23.5 Å². The maximum absolute atomic E-state index is 12.3. The third-order valence-corrected chi connectivity index (χ3v) is 3.90. The van der Waals surface area contributed by atoms with Crippen LogP contribution in [0.5, 0.6) is 0 Å². The van der Waals surface area contributed by atoms with Crippen molar-refractivity contribution in [2.45, 2.75) is 51.4 Å². The Morgan fingerprint density at radius 3 is 2.74 bits per heavy atom. The van der Waals surface area contributed by atoms with Crippen molar-refractivity contribution in [2.75, 3.05) is 6.61 Å². The van der Waals surface area contributed by atoms with Gasteiger partial charge in [0, 0.05) is 11.6 Å². The van der Waals surface area contributed by atoms with Crippen LogP contribution in [-0.4, -0.2) is 30.7 Å². The number of hydrogen-bond acceptors (Lipinski definition) is 4. The zero-order valence-electron chi connectivity index (χ0n) is 13.4. The van der Waals surface area contributed by atoms with Gasteiger partial charge in [-0.25, -0.2) is 0 Å². The molecule has 2 rings (SSSR count). The molecule has 1 heterocycles. The molecule has 23 heavy (non-hydrogen) atoms. The monoisotopic (exact) mass is 339 g/mol. The number of nitrogens with one attached hydrogen (secondary N) is 1. The second kappa shape index (κ2) is 8.31. The Bertz CT molecular complexity index is 555. The summed E-state index contributed by atoms with van der Waals surface area (Å²) in [6.07, 6.45) is 0.923. The third-order valence-electron chi connectivity index (χ3n) is 3.56. The molecule has 0 spiro atoms. The van der Waals surface area contributed by atoms with Crippen molar-refractivity contribution in [3.05, 3.63) is 34.9 Å². The van der Waals surface area contributed by atoms with Gasteiger partial charge in [-0.05, 0) is 38.3 Å². The van der Waals surface area contributed by atoms with Gasteiger partial charge >= 0.3 is 5.97 Å². The van der Waals surface area contributed by atoms with E-state index in [2.05, 4.69) is 5.32 Å². The Hall–Kier alpha value is -1.59. The summed E-state index contributed by atoms with van der Waals surface area (Å²) in [4.78, 5) is 24.3. The summed E-state index contributed by atoms with van der Waals surface area (Å²) in [6, 6.07) is 6.62. The lowest BCUT2D eigenvalue weighted by molar-refractivity contribution is -0.148. The van der Waals surface area contributed by atoms with Gasteiger partial charge in [-0.3, -0.25) is 9.59 Å². The zero-order chi connectivity index (χ0) is 16.8. The van der Waals surface area contributed by atoms with Crippen molar-refractivity contribution in [3.8, 4) is 0 Å². The van der Waals surface area contributed by atoms with Crippen LogP contribution in [-0.2, 0) is 19.1 Å². The van der Waals surface area contributed by atoms with Gasteiger partial charge in [-0.15, -0.1) is 0 Å². The van der Waals surface area contributed by atoms with E-state index in [0.717, 1.165) is 6.42 Å². The number of hydrogen-bond donors (Lipinski definition) is 1. The SMILES string of the molecule is CC(C)OC(=O)C[C@@H](NC(=O)[C@@H]1CCCO1)c1ccccc1Cl. The average Bonchev–Trinajstić information content (AvgIpc) is 3.00. The molecule has 0 aliphatic carbocycles. The molecule has 2 atom stereocenters. The van der Waals surface area contributed by atoms with Gasteiger partial charge in [0.1, 0.15) is 6.10 Å². The predicted molar refractivity (Wildman–Crippen MR) is 87.2 cm³/mol. The normalized spacial score (nSPS) is 18.7. The Kier molecular flexibility index (Phi) is 6.42. The number of carbonyl (C=O) groups is 2. The van der Waals surface area contributed by atoms with Crippen LogP contribution in [0.2, 0.25) is 5.02 Å². The molecule has 6 heteroatoms. The minimum atomic E-state index is -0.536. The number of benzene rings is 1. The lowest BCUT2D eigenvalue weighted by Crippen LogP contribution is -2.38. The van der Waals surface area contributed by atoms with E-state index in [4.69, 9.17) is 21.1 Å². The molecule has 1 amide bonds. The largest absolute Gasteiger partial charge is 0.463 e. The van der Waals surface area contributed by atoms with Gasteiger partial charge in [0.05, 0.1) is 18.6 Å². The second-order valence-corrected chi connectivity index (χ2v) is 6.23. The highest BCUT2D eigenvalue weighted by atomic mass is 35.5. The van der Waals surface area contributed by atoms with Gasteiger partial charge in [0.15, 0.2) is 0 Å². The number of amides is 1. The molecule has 1 N–H and O–H groups in total. The van der Waals surface area contributed by atoms with E-state index in [1.165, 1.54) is 0 Å². The fourth-order valence-electron chi connectivity index (χ4n) is 2.52. The number of rotatable bonds is 6. The zero-order valence-corrected chi connectivity index (χ0v) is 14.1. The Morgan fingerprint density at radius 1 is 1.39 bits per heavy atom. The van der Waals surface area contributed by atoms with Crippen LogP contribution in [0, 0.1) is 0 Å². The first-order chi connectivity index (χ1) is 11.0. The van der Waals surface area contributed by atoms with E-state index >= 15 is 0 Å². The van der Waals surface area contributed by atoms with Crippen LogP contribution < -0.4 is 5.32 Å². The molecule has 0 aromatic heterocycles. The van der Waals surface area contributed by atoms with Gasteiger partial charge in [-0.2, -0.15) is 0 Å². The maximum Gasteiger partial charge on any atom is 0.308 e. The first kappa shape index (κ1) is 17.8. The lowest BCUT2D eigenvalue weighted by Gasteiger charge is -2.22. The van der Waals surface area contributed by atoms with Crippen molar-refractivity contribution < 1.29 is 19.1 Å². The van der Waals surface area contributed by atoms with Crippen LogP contribution in [0.4, 0.5) is 0 Å². The molecule has 0 unspecified atom stereocenters. The van der Waals surface area contributed by atoms with E-state index in [-0.39, 0.29) is 24.4 Å². The Morgan fingerprint density at radius 2 is 2.13 bits per heavy atom.